The molecule has 4 heterocycles. The van der Waals surface area contributed by atoms with Crippen molar-refractivity contribution in [3.63, 3.8) is 0 Å². The van der Waals surface area contributed by atoms with E-state index >= 15 is 0 Å². The van der Waals surface area contributed by atoms with Crippen molar-refractivity contribution in [1.29, 1.82) is 0 Å². The Morgan fingerprint density at radius 3 is 1.06 bits per heavy atom. The highest BCUT2D eigenvalue weighted by atomic mass is 32.1. The third-order valence-electron chi connectivity index (χ3n) is 11.5. The average molecular weight is 697 g/mol. The molecule has 0 bridgehead atoms. The second-order valence-corrected chi connectivity index (χ2v) is 19.7. The fourth-order valence-corrected chi connectivity index (χ4v) is 17.6. The van der Waals surface area contributed by atoms with Crippen molar-refractivity contribution in [3.05, 3.63) is 170 Å². The molecule has 0 aliphatic carbocycles. The van der Waals surface area contributed by atoms with E-state index in [9.17, 15) is 0 Å². The van der Waals surface area contributed by atoms with Gasteiger partial charge in [-0.1, -0.05) is 133 Å². The van der Waals surface area contributed by atoms with Crippen LogP contribution in [0.5, 0.6) is 0 Å². The zero-order valence-electron chi connectivity index (χ0n) is 27.5. The Labute approximate surface area is 304 Å². The third kappa shape index (κ3) is 3.63. The molecule has 0 radical (unpaired) electrons. The molecule has 0 saturated carbocycles. The molecule has 0 amide bonds. The first-order chi connectivity index (χ1) is 25.3. The number of hydrogen-bond acceptors (Lipinski definition) is 2. The van der Waals surface area contributed by atoms with Crippen LogP contribution in [-0.4, -0.2) is 8.07 Å². The van der Waals surface area contributed by atoms with Crippen LogP contribution in [0.15, 0.2) is 170 Å². The van der Waals surface area contributed by atoms with E-state index in [1.807, 2.05) is 22.7 Å². The van der Waals surface area contributed by atoms with E-state index in [2.05, 4.69) is 170 Å². The lowest BCUT2D eigenvalue weighted by molar-refractivity contribution is 1.62. The molecule has 10 aromatic rings. The van der Waals surface area contributed by atoms with Crippen LogP contribution in [0.2, 0.25) is 0 Å². The molecule has 0 nitrogen and oxygen atoms in total. The normalized spacial score (nSPS) is 13.6. The summed E-state index contributed by atoms with van der Waals surface area (Å²) in [6.07, 6.45) is 0. The highest BCUT2D eigenvalue weighted by Crippen LogP contribution is 2.45. The molecule has 0 fully saturated rings. The average Bonchev–Trinajstić information content (AvgIpc) is 3.69. The number of benzene rings is 8. The molecule has 2 aliphatic heterocycles. The Morgan fingerprint density at radius 2 is 0.608 bits per heavy atom. The van der Waals surface area contributed by atoms with Crippen molar-refractivity contribution in [2.45, 2.75) is 0 Å². The predicted molar refractivity (Wildman–Crippen MR) is 225 cm³/mol. The van der Waals surface area contributed by atoms with Gasteiger partial charge in [0.25, 0.3) is 0 Å². The van der Waals surface area contributed by atoms with Crippen LogP contribution in [-0.2, 0) is 0 Å². The van der Waals surface area contributed by atoms with Gasteiger partial charge in [-0.2, -0.15) is 0 Å². The van der Waals surface area contributed by atoms with Crippen LogP contribution in [0.1, 0.15) is 0 Å². The van der Waals surface area contributed by atoms with E-state index in [-0.39, 0.29) is 0 Å². The highest BCUT2D eigenvalue weighted by molar-refractivity contribution is 7.28. The summed E-state index contributed by atoms with van der Waals surface area (Å²) in [6, 6.07) is 65.4. The first-order valence-corrected chi connectivity index (χ1v) is 21.2. The Bertz CT molecular complexity index is 2900. The molecule has 12 rings (SSSR count). The standard InChI is InChI=1S/C48H28S2Si/c1-2-14-30-29(13-1)35-19-7-11-23-45(35)51(46-24-12-8-20-36(30)46)47-27-43-37(33-17-5-9-21-41(33)49-43)25-39(47)31-15-3-4-16-32(31)40-26-38-34-18-6-10-22-42(34)50-44(38)28-48(40)51/h1-28H. The summed E-state index contributed by atoms with van der Waals surface area (Å²) in [5, 5.41) is 11.3. The molecule has 0 atom stereocenters. The van der Waals surface area contributed by atoms with Gasteiger partial charge in [-0.15, -0.1) is 22.7 Å². The van der Waals surface area contributed by atoms with E-state index in [4.69, 9.17) is 0 Å². The molecule has 2 aromatic heterocycles. The van der Waals surface area contributed by atoms with Gasteiger partial charge in [-0.3, -0.25) is 0 Å². The van der Waals surface area contributed by atoms with E-state index in [0.29, 0.717) is 0 Å². The summed E-state index contributed by atoms with van der Waals surface area (Å²) >= 11 is 3.87. The van der Waals surface area contributed by atoms with Crippen LogP contribution in [0.25, 0.3) is 84.9 Å². The maximum absolute atomic E-state index is 3.07. The predicted octanol–water partition coefficient (Wildman–Crippen LogP) is 11.1. The Kier molecular flexibility index (Phi) is 5.65. The van der Waals surface area contributed by atoms with Crippen molar-refractivity contribution in [2.75, 3.05) is 0 Å². The van der Waals surface area contributed by atoms with Gasteiger partial charge in [0.1, 0.15) is 0 Å². The lowest BCUT2D eigenvalue weighted by Crippen LogP contribution is -2.75. The van der Waals surface area contributed by atoms with Crippen LogP contribution in [0.3, 0.4) is 0 Å². The summed E-state index contributed by atoms with van der Waals surface area (Å²) in [5.41, 5.74) is 10.7. The smallest absolute Gasteiger partial charge is 0.135 e. The fourth-order valence-electron chi connectivity index (χ4n) is 9.48. The lowest BCUT2D eigenvalue weighted by Gasteiger charge is -2.37. The summed E-state index contributed by atoms with van der Waals surface area (Å²) in [5.74, 6) is 0. The zero-order chi connectivity index (χ0) is 33.3. The summed E-state index contributed by atoms with van der Waals surface area (Å²) in [7, 11) is -3.07. The molecule has 0 saturated heterocycles. The van der Waals surface area contributed by atoms with Crippen molar-refractivity contribution in [3.8, 4) is 44.5 Å². The molecule has 51 heavy (non-hydrogen) atoms. The van der Waals surface area contributed by atoms with Crippen molar-refractivity contribution in [2.24, 2.45) is 0 Å². The Balaban J connectivity index is 1.38. The zero-order valence-corrected chi connectivity index (χ0v) is 30.1. The second-order valence-electron chi connectivity index (χ2n) is 13.9. The molecular formula is C48H28S2Si. The van der Waals surface area contributed by atoms with E-state index < -0.39 is 8.07 Å². The number of fused-ring (bicyclic) bond motifs is 20. The van der Waals surface area contributed by atoms with E-state index in [0.717, 1.165) is 0 Å². The minimum absolute atomic E-state index is 1.32. The van der Waals surface area contributed by atoms with Gasteiger partial charge in [0, 0.05) is 40.3 Å². The molecule has 0 N–H and O–H groups in total. The van der Waals surface area contributed by atoms with Gasteiger partial charge in [0.2, 0.25) is 0 Å². The maximum Gasteiger partial charge on any atom is 0.182 e. The van der Waals surface area contributed by atoms with Gasteiger partial charge in [-0.05, 0) is 102 Å². The van der Waals surface area contributed by atoms with Crippen molar-refractivity contribution in [1.82, 2.24) is 0 Å². The molecule has 8 aromatic carbocycles. The SMILES string of the molecule is c1ccc2c(c1)-c1ccccc1[Si]1(c3ccccc3-2)c2cc3sc4ccccc4c3cc2-c2ccccc2-c2cc3c(cc21)sc1ccccc13. The number of hydrogen-bond donors (Lipinski definition) is 0. The van der Waals surface area contributed by atoms with E-state index in [1.165, 1.54) is 106 Å². The fraction of sp³-hybridized carbons (Fsp3) is 0. The molecule has 3 heteroatoms. The second kappa shape index (κ2) is 10.2. The molecular weight excluding hydrogens is 669 g/mol. The monoisotopic (exact) mass is 696 g/mol. The molecule has 2 aliphatic rings. The minimum atomic E-state index is -3.07. The summed E-state index contributed by atoms with van der Waals surface area (Å²) < 4.78 is 5.42. The molecule has 236 valence electrons. The largest absolute Gasteiger partial charge is 0.182 e. The topological polar surface area (TPSA) is 0 Å². The first-order valence-electron chi connectivity index (χ1n) is 17.6. The van der Waals surface area contributed by atoms with Crippen LogP contribution in [0.4, 0.5) is 0 Å². The van der Waals surface area contributed by atoms with Gasteiger partial charge < -0.3 is 0 Å². The Hall–Kier alpha value is -5.58. The van der Waals surface area contributed by atoms with Gasteiger partial charge in [0.05, 0.1) is 0 Å². The van der Waals surface area contributed by atoms with Gasteiger partial charge in [-0.25, -0.2) is 0 Å². The number of rotatable bonds is 0. The highest BCUT2D eigenvalue weighted by Gasteiger charge is 2.50. The lowest BCUT2D eigenvalue weighted by atomic mass is 9.93. The van der Waals surface area contributed by atoms with Crippen LogP contribution < -0.4 is 20.7 Å². The van der Waals surface area contributed by atoms with Crippen molar-refractivity contribution >= 4 is 91.8 Å². The summed E-state index contributed by atoms with van der Waals surface area (Å²) in [4.78, 5) is 0. The van der Waals surface area contributed by atoms with Gasteiger partial charge in [0.15, 0.2) is 8.07 Å². The Morgan fingerprint density at radius 1 is 0.255 bits per heavy atom. The minimum Gasteiger partial charge on any atom is -0.135 e. The third-order valence-corrected chi connectivity index (χ3v) is 18.7. The van der Waals surface area contributed by atoms with Gasteiger partial charge >= 0.3 is 0 Å². The first kappa shape index (κ1) is 28.2. The van der Waals surface area contributed by atoms with Crippen LogP contribution >= 0.6 is 22.7 Å². The summed E-state index contributed by atoms with van der Waals surface area (Å²) in [6.45, 7) is 0. The van der Waals surface area contributed by atoms with Crippen molar-refractivity contribution < 1.29 is 0 Å². The molecule has 1 spiro atoms. The van der Waals surface area contributed by atoms with E-state index in [1.54, 1.807) is 0 Å². The number of thiophene rings is 2. The molecule has 0 unspecified atom stereocenters. The maximum atomic E-state index is 2.63. The quantitative estimate of drug-likeness (QED) is 0.139. The van der Waals surface area contributed by atoms with Crippen LogP contribution in [0, 0.1) is 0 Å².